The number of hydrogen-bond acceptors (Lipinski definition) is 6. The number of imidazole rings is 1. The second kappa shape index (κ2) is 12.8. The topological polar surface area (TPSA) is 87.3 Å². The number of ether oxygens (including phenoxy) is 1. The Morgan fingerprint density at radius 3 is 2.70 bits per heavy atom. The standard InChI is InChI=1S/C36H33Cl2FN6O2/c1-3-29(46)44-16-13-23(17-22(44)12-14-40)45-20-41-34-35(45)26-18-28(38)31(25-10-4-7-21-8-5-11-27(37)30(21)25)32(39)33(26)42-36(34)47-19-24-9-6-15-43(24)2/h3-5,7-8,10-11,18,20,22-24H,1,6,9,12-13,15-17,19H2,2H3/t22-,23?,24+/m1/s1. The van der Waals surface area contributed by atoms with Crippen LogP contribution >= 0.6 is 23.2 Å². The fraction of sp³-hybridized carbons (Fsp3) is 0.333. The Kier molecular flexibility index (Phi) is 8.52. The number of benzene rings is 3. The molecule has 240 valence electrons. The van der Waals surface area contributed by atoms with E-state index in [-0.39, 0.29) is 52.4 Å². The number of halogens is 3. The van der Waals surface area contributed by atoms with Crippen molar-refractivity contribution in [2.75, 3.05) is 26.7 Å². The Hall–Kier alpha value is -4.23. The van der Waals surface area contributed by atoms with Crippen LogP contribution in [0.25, 0.3) is 43.8 Å². The lowest BCUT2D eigenvalue weighted by Crippen LogP contribution is -2.45. The third-order valence-electron chi connectivity index (χ3n) is 9.73. The van der Waals surface area contributed by atoms with Crippen LogP contribution in [0.2, 0.25) is 10.0 Å². The zero-order valence-corrected chi connectivity index (χ0v) is 27.4. The van der Waals surface area contributed by atoms with Crippen molar-refractivity contribution < 1.29 is 13.9 Å². The fourth-order valence-electron chi connectivity index (χ4n) is 7.32. The summed E-state index contributed by atoms with van der Waals surface area (Å²) in [4.78, 5) is 26.1. The van der Waals surface area contributed by atoms with Gasteiger partial charge in [0.2, 0.25) is 11.8 Å². The van der Waals surface area contributed by atoms with E-state index in [1.54, 1.807) is 23.4 Å². The number of fused-ring (bicyclic) bond motifs is 4. The van der Waals surface area contributed by atoms with Gasteiger partial charge >= 0.3 is 0 Å². The molecule has 0 bridgehead atoms. The van der Waals surface area contributed by atoms with Crippen molar-refractivity contribution in [3.8, 4) is 23.1 Å². The van der Waals surface area contributed by atoms with Crippen molar-refractivity contribution in [2.45, 2.75) is 50.2 Å². The Labute approximate surface area is 281 Å². The van der Waals surface area contributed by atoms with E-state index in [2.05, 4.69) is 24.6 Å². The Balaban J connectivity index is 1.41. The van der Waals surface area contributed by atoms with Gasteiger partial charge in [0.05, 0.1) is 29.4 Å². The zero-order valence-electron chi connectivity index (χ0n) is 25.9. The summed E-state index contributed by atoms with van der Waals surface area (Å²) in [6.45, 7) is 5.46. The van der Waals surface area contributed by atoms with Crippen molar-refractivity contribution in [3.63, 3.8) is 0 Å². The highest BCUT2D eigenvalue weighted by atomic mass is 35.5. The monoisotopic (exact) mass is 670 g/mol. The van der Waals surface area contributed by atoms with Crippen molar-refractivity contribution >= 4 is 61.8 Å². The normalized spacial score (nSPS) is 20.2. The van der Waals surface area contributed by atoms with Gasteiger partial charge in [0, 0.05) is 46.0 Å². The van der Waals surface area contributed by atoms with Gasteiger partial charge in [-0.05, 0) is 68.4 Å². The van der Waals surface area contributed by atoms with Gasteiger partial charge in [0.15, 0.2) is 11.3 Å². The predicted molar refractivity (Wildman–Crippen MR) is 183 cm³/mol. The van der Waals surface area contributed by atoms with E-state index in [0.717, 1.165) is 24.8 Å². The van der Waals surface area contributed by atoms with E-state index >= 15 is 4.39 Å². The molecule has 3 aromatic carbocycles. The van der Waals surface area contributed by atoms with Gasteiger partial charge in [-0.1, -0.05) is 60.1 Å². The Bertz CT molecular complexity index is 2090. The molecule has 7 rings (SSSR count). The molecular weight excluding hydrogens is 638 g/mol. The molecule has 2 fully saturated rings. The minimum Gasteiger partial charge on any atom is -0.474 e. The molecule has 1 amide bonds. The third-order valence-corrected chi connectivity index (χ3v) is 10.3. The molecule has 1 unspecified atom stereocenters. The first-order valence-electron chi connectivity index (χ1n) is 15.8. The highest BCUT2D eigenvalue weighted by Gasteiger charge is 2.33. The number of piperidine rings is 1. The van der Waals surface area contributed by atoms with Gasteiger partial charge in [-0.25, -0.2) is 14.4 Å². The maximum Gasteiger partial charge on any atom is 0.246 e. The Morgan fingerprint density at radius 2 is 1.96 bits per heavy atom. The molecule has 8 nitrogen and oxygen atoms in total. The summed E-state index contributed by atoms with van der Waals surface area (Å²) in [5.41, 5.74) is 2.06. The van der Waals surface area contributed by atoms with E-state index in [1.807, 2.05) is 34.9 Å². The highest BCUT2D eigenvalue weighted by molar-refractivity contribution is 6.38. The van der Waals surface area contributed by atoms with Gasteiger partial charge in [-0.2, -0.15) is 5.26 Å². The van der Waals surface area contributed by atoms with E-state index in [9.17, 15) is 10.1 Å². The van der Waals surface area contributed by atoms with Crippen LogP contribution in [0.1, 0.15) is 38.1 Å². The van der Waals surface area contributed by atoms with E-state index in [1.165, 1.54) is 6.08 Å². The summed E-state index contributed by atoms with van der Waals surface area (Å²) in [6, 6.07) is 14.9. The number of pyridine rings is 1. The van der Waals surface area contributed by atoms with Crippen molar-refractivity contribution in [1.29, 1.82) is 5.26 Å². The molecule has 0 radical (unpaired) electrons. The van der Waals surface area contributed by atoms with Gasteiger partial charge in [-0.15, -0.1) is 0 Å². The number of likely N-dealkylation sites (tertiary alicyclic amines) is 2. The number of nitrogens with zero attached hydrogens (tertiary/aromatic N) is 6. The second-order valence-corrected chi connectivity index (χ2v) is 13.2. The largest absolute Gasteiger partial charge is 0.474 e. The average molecular weight is 672 g/mol. The molecule has 11 heteroatoms. The average Bonchev–Trinajstić information content (AvgIpc) is 3.70. The summed E-state index contributed by atoms with van der Waals surface area (Å²) in [5.74, 6) is -0.523. The minimum absolute atomic E-state index is 0.116. The van der Waals surface area contributed by atoms with Gasteiger partial charge in [0.1, 0.15) is 12.1 Å². The molecule has 2 aliphatic rings. The lowest BCUT2D eigenvalue weighted by atomic mass is 9.94. The molecule has 4 heterocycles. The molecule has 5 aromatic rings. The number of nitriles is 1. The third kappa shape index (κ3) is 5.48. The zero-order chi connectivity index (χ0) is 32.8. The molecule has 47 heavy (non-hydrogen) atoms. The predicted octanol–water partition coefficient (Wildman–Crippen LogP) is 7.96. The second-order valence-electron chi connectivity index (χ2n) is 12.4. The number of carbonyl (C=O) groups excluding carboxylic acids is 1. The lowest BCUT2D eigenvalue weighted by molar-refractivity contribution is -0.130. The molecule has 3 atom stereocenters. The first-order valence-corrected chi connectivity index (χ1v) is 16.5. The summed E-state index contributed by atoms with van der Waals surface area (Å²) in [6.07, 6.45) is 6.42. The molecule has 0 spiro atoms. The Morgan fingerprint density at radius 1 is 1.15 bits per heavy atom. The van der Waals surface area contributed by atoms with Gasteiger partial charge in [-0.3, -0.25) is 4.79 Å². The molecular formula is C36H33Cl2FN6O2. The smallest absolute Gasteiger partial charge is 0.246 e. The van der Waals surface area contributed by atoms with E-state index in [4.69, 9.17) is 37.9 Å². The van der Waals surface area contributed by atoms with Crippen LogP contribution < -0.4 is 4.74 Å². The summed E-state index contributed by atoms with van der Waals surface area (Å²) < 4.78 is 25.4. The first-order chi connectivity index (χ1) is 22.8. The highest BCUT2D eigenvalue weighted by Crippen LogP contribution is 2.44. The molecule has 2 aromatic heterocycles. The fourth-order valence-corrected chi connectivity index (χ4v) is 7.90. The minimum atomic E-state index is -0.578. The number of carbonyl (C=O) groups is 1. The van der Waals surface area contributed by atoms with Crippen molar-refractivity contribution in [1.82, 2.24) is 24.3 Å². The summed E-state index contributed by atoms with van der Waals surface area (Å²) >= 11 is 13.6. The van der Waals surface area contributed by atoms with Crippen molar-refractivity contribution in [2.24, 2.45) is 0 Å². The summed E-state index contributed by atoms with van der Waals surface area (Å²) in [5, 5.41) is 12.3. The number of rotatable bonds is 7. The van der Waals surface area contributed by atoms with Gasteiger partial charge in [0.25, 0.3) is 0 Å². The molecule has 0 N–H and O–H groups in total. The molecule has 2 aliphatic heterocycles. The SMILES string of the molecule is C=CC(=O)N1CCC(n2cnc3c(OC[C@@H]4CCCN4C)nc4c(F)c(-c5cccc6cccc(Cl)c56)c(Cl)cc4c32)C[C@H]1CC#N. The quantitative estimate of drug-likeness (QED) is 0.163. The maximum atomic E-state index is 17.0. The van der Waals surface area contributed by atoms with E-state index in [0.29, 0.717) is 58.4 Å². The maximum absolute atomic E-state index is 17.0. The summed E-state index contributed by atoms with van der Waals surface area (Å²) in [7, 11) is 2.07. The first kappa shape index (κ1) is 31.4. The van der Waals surface area contributed by atoms with Crippen LogP contribution in [0.3, 0.4) is 0 Å². The molecule has 2 saturated heterocycles. The lowest BCUT2D eigenvalue weighted by Gasteiger charge is -2.38. The number of amides is 1. The van der Waals surface area contributed by atoms with Crippen LogP contribution in [0.4, 0.5) is 4.39 Å². The number of aromatic nitrogens is 3. The van der Waals surface area contributed by atoms with Gasteiger partial charge < -0.3 is 19.1 Å². The van der Waals surface area contributed by atoms with Crippen molar-refractivity contribution in [3.05, 3.63) is 77.3 Å². The van der Waals surface area contributed by atoms with Crippen LogP contribution in [0.15, 0.2) is 61.4 Å². The van der Waals surface area contributed by atoms with Crippen LogP contribution in [-0.4, -0.2) is 69.1 Å². The number of hydrogen-bond donors (Lipinski definition) is 0. The van der Waals surface area contributed by atoms with Crippen LogP contribution in [-0.2, 0) is 4.79 Å². The molecule has 0 saturated carbocycles. The van der Waals surface area contributed by atoms with Crippen LogP contribution in [0.5, 0.6) is 5.88 Å². The number of likely N-dealkylation sites (N-methyl/N-ethyl adjacent to an activating group) is 1. The van der Waals surface area contributed by atoms with E-state index < -0.39 is 5.82 Å². The molecule has 0 aliphatic carbocycles. The van der Waals surface area contributed by atoms with Crippen LogP contribution in [0, 0.1) is 17.1 Å².